The van der Waals surface area contributed by atoms with Crippen molar-refractivity contribution < 1.29 is 19.4 Å². The van der Waals surface area contributed by atoms with Gasteiger partial charge >= 0.3 is 5.97 Å². The Morgan fingerprint density at radius 2 is 1.65 bits per heavy atom. The third-order valence-electron chi connectivity index (χ3n) is 6.43. The van der Waals surface area contributed by atoms with Crippen molar-refractivity contribution in [1.82, 2.24) is 0 Å². The molecule has 0 radical (unpaired) electrons. The highest BCUT2D eigenvalue weighted by Crippen LogP contribution is 2.41. The average Bonchev–Trinajstić information content (AvgIpc) is 2.80. The van der Waals surface area contributed by atoms with E-state index in [2.05, 4.69) is 6.07 Å². The van der Waals surface area contributed by atoms with Crippen LogP contribution in [0, 0.1) is 13.8 Å². The van der Waals surface area contributed by atoms with Gasteiger partial charge in [-0.05, 0) is 104 Å². The summed E-state index contributed by atoms with van der Waals surface area (Å²) < 4.78 is 12.5. The maximum atomic E-state index is 10.9. The molecule has 0 heterocycles. The lowest BCUT2D eigenvalue weighted by Gasteiger charge is -2.24. The van der Waals surface area contributed by atoms with E-state index in [9.17, 15) is 4.79 Å². The molecule has 178 valence electrons. The average molecular weight is 479 g/mol. The predicted molar refractivity (Wildman–Crippen MR) is 136 cm³/mol. The summed E-state index contributed by atoms with van der Waals surface area (Å²) in [5.74, 6) is 2.67. The number of carboxylic acid groups (broad SMARTS) is 1. The summed E-state index contributed by atoms with van der Waals surface area (Å²) in [4.78, 5) is 10.9. The van der Waals surface area contributed by atoms with Crippen molar-refractivity contribution in [2.45, 2.75) is 64.7 Å². The number of aliphatic carboxylic acids is 1. The number of aryl methyl sites for hydroxylation is 3. The Hall–Kier alpha value is -2.98. The summed E-state index contributed by atoms with van der Waals surface area (Å²) >= 11 is 6.33. The zero-order chi connectivity index (χ0) is 24.1. The van der Waals surface area contributed by atoms with Gasteiger partial charge in [-0.2, -0.15) is 0 Å². The van der Waals surface area contributed by atoms with E-state index in [0.717, 1.165) is 33.2 Å². The highest BCUT2D eigenvalue weighted by molar-refractivity contribution is 6.30. The van der Waals surface area contributed by atoms with Crippen LogP contribution in [0.4, 0.5) is 0 Å². The van der Waals surface area contributed by atoms with Crippen LogP contribution in [0.15, 0.2) is 54.6 Å². The van der Waals surface area contributed by atoms with E-state index in [1.807, 2.05) is 62.4 Å². The second kappa shape index (κ2) is 11.0. The van der Waals surface area contributed by atoms with Crippen LogP contribution < -0.4 is 9.47 Å². The van der Waals surface area contributed by atoms with Crippen LogP contribution in [0.5, 0.6) is 23.0 Å². The Kier molecular flexibility index (Phi) is 7.79. The van der Waals surface area contributed by atoms with Gasteiger partial charge < -0.3 is 14.6 Å². The number of rotatable bonds is 8. The van der Waals surface area contributed by atoms with E-state index < -0.39 is 5.97 Å². The van der Waals surface area contributed by atoms with Gasteiger partial charge in [-0.1, -0.05) is 36.9 Å². The van der Waals surface area contributed by atoms with Gasteiger partial charge in [0.15, 0.2) is 0 Å². The van der Waals surface area contributed by atoms with E-state index in [0.29, 0.717) is 23.8 Å². The quantitative estimate of drug-likeness (QED) is 0.352. The molecule has 34 heavy (non-hydrogen) atoms. The number of halogens is 1. The first-order chi connectivity index (χ1) is 16.4. The van der Waals surface area contributed by atoms with Crippen LogP contribution in [0.3, 0.4) is 0 Å². The predicted octanol–water partition coefficient (Wildman–Crippen LogP) is 8.61. The Morgan fingerprint density at radius 3 is 2.35 bits per heavy atom. The van der Waals surface area contributed by atoms with Gasteiger partial charge in [0.05, 0.1) is 0 Å². The number of carbonyl (C=O) groups is 1. The summed E-state index contributed by atoms with van der Waals surface area (Å²) in [5, 5.41) is 9.67. The monoisotopic (exact) mass is 478 g/mol. The second-order valence-electron chi connectivity index (χ2n) is 9.19. The molecule has 1 fully saturated rings. The molecule has 3 aromatic carbocycles. The molecular weight excluding hydrogens is 448 g/mol. The second-order valence-corrected chi connectivity index (χ2v) is 9.62. The molecule has 1 N–H and O–H groups in total. The lowest BCUT2D eigenvalue weighted by Crippen LogP contribution is -2.06. The molecule has 0 bridgehead atoms. The third kappa shape index (κ3) is 6.32. The highest BCUT2D eigenvalue weighted by atomic mass is 35.5. The normalized spacial score (nSPS) is 14.1. The standard InChI is InChI=1S/C29H31ClO4/c1-19-14-25(33-24-11-8-21(20(2)16-24)9-13-29(31)32)18-26(15-19)34-28-12-10-23(30)17-27(28)22-6-4-3-5-7-22/h8,10-12,14-18,22H,3-7,9,13H2,1-2H3,(H,31,32). The summed E-state index contributed by atoms with van der Waals surface area (Å²) in [6.07, 6.45) is 6.75. The maximum absolute atomic E-state index is 10.9. The molecule has 0 amide bonds. The molecule has 0 aliphatic heterocycles. The number of carboxylic acids is 1. The van der Waals surface area contributed by atoms with Crippen LogP contribution in [0.2, 0.25) is 5.02 Å². The molecule has 0 atom stereocenters. The molecule has 4 nitrogen and oxygen atoms in total. The first-order valence-corrected chi connectivity index (χ1v) is 12.3. The van der Waals surface area contributed by atoms with Gasteiger partial charge in [0.2, 0.25) is 0 Å². The van der Waals surface area contributed by atoms with Crippen molar-refractivity contribution in [3.05, 3.63) is 81.9 Å². The van der Waals surface area contributed by atoms with Gasteiger partial charge in [-0.15, -0.1) is 0 Å². The first kappa shape index (κ1) is 24.2. The van der Waals surface area contributed by atoms with E-state index in [1.54, 1.807) is 0 Å². The summed E-state index contributed by atoms with van der Waals surface area (Å²) in [6, 6.07) is 17.5. The smallest absolute Gasteiger partial charge is 0.303 e. The summed E-state index contributed by atoms with van der Waals surface area (Å²) in [5.41, 5.74) is 4.25. The van der Waals surface area contributed by atoms with E-state index >= 15 is 0 Å². The van der Waals surface area contributed by atoms with Gasteiger partial charge in [-0.25, -0.2) is 0 Å². The molecular formula is C29H31ClO4. The van der Waals surface area contributed by atoms with Crippen molar-refractivity contribution >= 4 is 17.6 Å². The fraction of sp³-hybridized carbons (Fsp3) is 0.345. The fourth-order valence-electron chi connectivity index (χ4n) is 4.69. The molecule has 0 aromatic heterocycles. The number of hydrogen-bond acceptors (Lipinski definition) is 3. The molecule has 0 saturated heterocycles. The Morgan fingerprint density at radius 1 is 0.912 bits per heavy atom. The van der Waals surface area contributed by atoms with Crippen molar-refractivity contribution in [3.8, 4) is 23.0 Å². The molecule has 1 saturated carbocycles. The molecule has 5 heteroatoms. The molecule has 3 aromatic rings. The van der Waals surface area contributed by atoms with Crippen LogP contribution >= 0.6 is 11.6 Å². The maximum Gasteiger partial charge on any atom is 0.303 e. The van der Waals surface area contributed by atoms with Crippen LogP contribution in [-0.4, -0.2) is 11.1 Å². The number of benzene rings is 3. The molecule has 1 aliphatic carbocycles. The van der Waals surface area contributed by atoms with Crippen molar-refractivity contribution in [3.63, 3.8) is 0 Å². The van der Waals surface area contributed by atoms with Crippen molar-refractivity contribution in [2.24, 2.45) is 0 Å². The van der Waals surface area contributed by atoms with E-state index in [1.165, 1.54) is 37.7 Å². The van der Waals surface area contributed by atoms with Crippen LogP contribution in [0.25, 0.3) is 0 Å². The lowest BCUT2D eigenvalue weighted by molar-refractivity contribution is -0.136. The number of hydrogen-bond donors (Lipinski definition) is 1. The first-order valence-electron chi connectivity index (χ1n) is 12.0. The number of ether oxygens (including phenoxy) is 2. The minimum absolute atomic E-state index is 0.118. The lowest BCUT2D eigenvalue weighted by atomic mass is 9.84. The van der Waals surface area contributed by atoms with E-state index in [4.69, 9.17) is 26.2 Å². The molecule has 0 unspecified atom stereocenters. The Bertz CT molecular complexity index is 1160. The fourth-order valence-corrected chi connectivity index (χ4v) is 4.87. The van der Waals surface area contributed by atoms with E-state index in [-0.39, 0.29) is 6.42 Å². The molecule has 1 aliphatic rings. The van der Waals surface area contributed by atoms with Crippen LogP contribution in [-0.2, 0) is 11.2 Å². The van der Waals surface area contributed by atoms with Crippen LogP contribution in [0.1, 0.15) is 66.7 Å². The van der Waals surface area contributed by atoms with Crippen molar-refractivity contribution in [2.75, 3.05) is 0 Å². The Labute approximate surface area is 206 Å². The minimum Gasteiger partial charge on any atom is -0.481 e. The SMILES string of the molecule is Cc1cc(Oc2ccc(CCC(=O)O)c(C)c2)cc(Oc2ccc(Cl)cc2C2CCCCC2)c1. The Balaban J connectivity index is 1.53. The summed E-state index contributed by atoms with van der Waals surface area (Å²) in [6.45, 7) is 3.99. The highest BCUT2D eigenvalue weighted by Gasteiger charge is 2.20. The largest absolute Gasteiger partial charge is 0.481 e. The zero-order valence-electron chi connectivity index (χ0n) is 19.8. The molecule has 4 rings (SSSR count). The van der Waals surface area contributed by atoms with Crippen molar-refractivity contribution in [1.29, 1.82) is 0 Å². The van der Waals surface area contributed by atoms with Gasteiger partial charge in [0.1, 0.15) is 23.0 Å². The topological polar surface area (TPSA) is 55.8 Å². The van der Waals surface area contributed by atoms with Gasteiger partial charge in [-0.3, -0.25) is 4.79 Å². The van der Waals surface area contributed by atoms with Gasteiger partial charge in [0.25, 0.3) is 0 Å². The molecule has 0 spiro atoms. The third-order valence-corrected chi connectivity index (χ3v) is 6.66. The zero-order valence-corrected chi connectivity index (χ0v) is 20.5. The minimum atomic E-state index is -0.792. The van der Waals surface area contributed by atoms with Gasteiger partial charge in [0, 0.05) is 17.5 Å². The summed E-state index contributed by atoms with van der Waals surface area (Å²) in [7, 11) is 0.